The average molecular weight is 536 g/mol. The largest absolute Gasteiger partial charge is 0.464 e. The van der Waals surface area contributed by atoms with E-state index in [1.54, 1.807) is 43.3 Å². The molecule has 38 heavy (non-hydrogen) atoms. The van der Waals surface area contributed by atoms with E-state index in [1.165, 1.54) is 17.0 Å². The Morgan fingerprint density at radius 1 is 1.05 bits per heavy atom. The first kappa shape index (κ1) is 26.6. The van der Waals surface area contributed by atoms with Crippen molar-refractivity contribution >= 4 is 40.6 Å². The minimum absolute atomic E-state index is 0.0448. The van der Waals surface area contributed by atoms with Crippen LogP contribution in [0.3, 0.4) is 0 Å². The fourth-order valence-electron chi connectivity index (χ4n) is 3.86. The maximum Gasteiger partial charge on any atom is 0.273 e. The lowest BCUT2D eigenvalue weighted by molar-refractivity contribution is -0.123. The average Bonchev–Trinajstić information content (AvgIpc) is 3.48. The van der Waals surface area contributed by atoms with Crippen molar-refractivity contribution in [1.29, 1.82) is 0 Å². The lowest BCUT2D eigenvalue weighted by Crippen LogP contribution is -2.43. The van der Waals surface area contributed by atoms with Gasteiger partial charge in [-0.05, 0) is 85.4 Å². The quantitative estimate of drug-likeness (QED) is 0.309. The van der Waals surface area contributed by atoms with Gasteiger partial charge in [-0.1, -0.05) is 18.2 Å². The van der Waals surface area contributed by atoms with Gasteiger partial charge in [0, 0.05) is 12.2 Å². The SMILES string of the molecule is Cc1ccc([C@@H](C(=O)NCc2ccc(F)cc2)N(C(=O)c2snc(C(N)=O)c2N)c2ccc(C)c(C)c2)o1. The Morgan fingerprint density at radius 3 is 2.34 bits per heavy atom. The molecule has 4 rings (SSSR count). The lowest BCUT2D eigenvalue weighted by Gasteiger charge is -2.30. The molecule has 0 spiro atoms. The number of primary amides is 1. The number of nitrogens with two attached hydrogens (primary N) is 2. The van der Waals surface area contributed by atoms with Gasteiger partial charge in [-0.25, -0.2) is 4.39 Å². The van der Waals surface area contributed by atoms with Gasteiger partial charge in [0.15, 0.2) is 11.7 Å². The van der Waals surface area contributed by atoms with E-state index in [-0.39, 0.29) is 28.6 Å². The van der Waals surface area contributed by atoms with Crippen LogP contribution in [0.25, 0.3) is 0 Å². The second kappa shape index (κ2) is 10.9. The smallest absolute Gasteiger partial charge is 0.273 e. The lowest BCUT2D eigenvalue weighted by atomic mass is 10.1. The van der Waals surface area contributed by atoms with Gasteiger partial charge in [-0.2, -0.15) is 4.37 Å². The van der Waals surface area contributed by atoms with E-state index in [1.807, 2.05) is 19.9 Å². The normalized spacial score (nSPS) is 11.7. The van der Waals surface area contributed by atoms with Crippen molar-refractivity contribution < 1.29 is 23.2 Å². The highest BCUT2D eigenvalue weighted by Gasteiger charge is 2.38. The molecule has 2 heterocycles. The molecule has 1 atom stereocenters. The summed E-state index contributed by atoms with van der Waals surface area (Å²) in [5.74, 6) is -1.72. The highest BCUT2D eigenvalue weighted by atomic mass is 32.1. The highest BCUT2D eigenvalue weighted by Crippen LogP contribution is 2.34. The minimum atomic E-state index is -1.25. The van der Waals surface area contributed by atoms with Crippen molar-refractivity contribution in [2.45, 2.75) is 33.4 Å². The van der Waals surface area contributed by atoms with Gasteiger partial charge in [0.1, 0.15) is 22.2 Å². The second-order valence-corrected chi connectivity index (χ2v) is 9.55. The van der Waals surface area contributed by atoms with Crippen LogP contribution in [0.15, 0.2) is 59.0 Å². The molecule has 0 radical (unpaired) electrons. The van der Waals surface area contributed by atoms with E-state index in [0.717, 1.165) is 22.7 Å². The zero-order valence-corrected chi connectivity index (χ0v) is 21.8. The zero-order valence-electron chi connectivity index (χ0n) is 20.9. The van der Waals surface area contributed by atoms with E-state index in [2.05, 4.69) is 9.69 Å². The Bertz CT molecular complexity index is 1510. The number of halogens is 1. The number of amides is 3. The van der Waals surface area contributed by atoms with Crippen molar-refractivity contribution in [3.63, 3.8) is 0 Å². The maximum atomic E-state index is 14.0. The molecule has 2 aromatic heterocycles. The summed E-state index contributed by atoms with van der Waals surface area (Å²) in [4.78, 5) is 40.7. The molecule has 11 heteroatoms. The topological polar surface area (TPSA) is 145 Å². The van der Waals surface area contributed by atoms with E-state index < -0.39 is 29.6 Å². The summed E-state index contributed by atoms with van der Waals surface area (Å²) in [5.41, 5.74) is 14.0. The number of rotatable bonds is 8. The van der Waals surface area contributed by atoms with Crippen LogP contribution in [0.4, 0.5) is 15.8 Å². The van der Waals surface area contributed by atoms with Crippen molar-refractivity contribution in [3.05, 3.63) is 99.2 Å². The van der Waals surface area contributed by atoms with Gasteiger partial charge in [-0.3, -0.25) is 19.3 Å². The summed E-state index contributed by atoms with van der Waals surface area (Å²) in [7, 11) is 0. The molecule has 3 amide bonds. The van der Waals surface area contributed by atoms with Crippen LogP contribution in [0.5, 0.6) is 0 Å². The molecular weight excluding hydrogens is 509 g/mol. The predicted molar refractivity (Wildman–Crippen MR) is 142 cm³/mol. The van der Waals surface area contributed by atoms with Crippen LogP contribution >= 0.6 is 11.5 Å². The number of nitrogens with zero attached hydrogens (tertiary/aromatic N) is 2. The van der Waals surface area contributed by atoms with Gasteiger partial charge in [0.05, 0.1) is 5.69 Å². The number of furan rings is 1. The summed E-state index contributed by atoms with van der Waals surface area (Å²) in [6.45, 7) is 5.61. The van der Waals surface area contributed by atoms with E-state index >= 15 is 0 Å². The number of aromatic nitrogens is 1. The predicted octanol–water partition coefficient (Wildman–Crippen LogP) is 4.19. The zero-order chi connectivity index (χ0) is 27.6. The molecule has 9 nitrogen and oxygen atoms in total. The van der Waals surface area contributed by atoms with Gasteiger partial charge >= 0.3 is 0 Å². The first-order valence-electron chi connectivity index (χ1n) is 11.6. The van der Waals surface area contributed by atoms with E-state index in [0.29, 0.717) is 17.0 Å². The Kier molecular flexibility index (Phi) is 7.58. The molecule has 0 saturated heterocycles. The number of aryl methyl sites for hydroxylation is 3. The van der Waals surface area contributed by atoms with Crippen molar-refractivity contribution in [1.82, 2.24) is 9.69 Å². The van der Waals surface area contributed by atoms with Crippen molar-refractivity contribution in [2.24, 2.45) is 5.73 Å². The Balaban J connectivity index is 1.81. The van der Waals surface area contributed by atoms with Crippen LogP contribution in [-0.2, 0) is 11.3 Å². The first-order valence-corrected chi connectivity index (χ1v) is 12.4. The number of hydrogen-bond donors (Lipinski definition) is 3. The molecule has 0 aliphatic carbocycles. The van der Waals surface area contributed by atoms with Crippen molar-refractivity contribution in [2.75, 3.05) is 10.6 Å². The van der Waals surface area contributed by atoms with Crippen LogP contribution in [0.2, 0.25) is 0 Å². The van der Waals surface area contributed by atoms with E-state index in [4.69, 9.17) is 15.9 Å². The van der Waals surface area contributed by atoms with Gasteiger partial charge in [0.2, 0.25) is 0 Å². The fourth-order valence-corrected chi connectivity index (χ4v) is 4.60. The third-order valence-corrected chi connectivity index (χ3v) is 6.91. The van der Waals surface area contributed by atoms with E-state index in [9.17, 15) is 18.8 Å². The van der Waals surface area contributed by atoms with Crippen molar-refractivity contribution in [3.8, 4) is 0 Å². The number of benzene rings is 2. The van der Waals surface area contributed by atoms with Gasteiger partial charge in [-0.15, -0.1) is 0 Å². The monoisotopic (exact) mass is 535 g/mol. The maximum absolute atomic E-state index is 14.0. The molecule has 0 fully saturated rings. The number of nitrogens with one attached hydrogen (secondary N) is 1. The Morgan fingerprint density at radius 2 is 1.76 bits per heavy atom. The molecule has 4 aromatic rings. The second-order valence-electron chi connectivity index (χ2n) is 8.78. The molecule has 0 unspecified atom stereocenters. The van der Waals surface area contributed by atoms with Gasteiger partial charge < -0.3 is 21.2 Å². The van der Waals surface area contributed by atoms with Gasteiger partial charge in [0.25, 0.3) is 17.7 Å². The molecule has 0 saturated carbocycles. The summed E-state index contributed by atoms with van der Waals surface area (Å²) in [6, 6.07) is 13.1. The molecule has 0 aliphatic rings. The molecule has 5 N–H and O–H groups in total. The highest BCUT2D eigenvalue weighted by molar-refractivity contribution is 7.09. The summed E-state index contributed by atoms with van der Waals surface area (Å²) < 4.78 is 23.1. The number of carbonyl (C=O) groups is 3. The third-order valence-electron chi connectivity index (χ3n) is 6.06. The molecule has 0 bridgehead atoms. The van der Waals surface area contributed by atoms with Crippen LogP contribution in [-0.4, -0.2) is 22.1 Å². The molecule has 196 valence electrons. The number of nitrogen functional groups attached to an aromatic ring is 1. The fraction of sp³-hybridized carbons (Fsp3) is 0.185. The number of hydrogen-bond acceptors (Lipinski definition) is 7. The van der Waals surface area contributed by atoms with Crippen LogP contribution in [0.1, 0.15) is 54.4 Å². The van der Waals surface area contributed by atoms with Crippen LogP contribution < -0.4 is 21.7 Å². The summed E-state index contributed by atoms with van der Waals surface area (Å²) in [5, 5.41) is 2.81. The summed E-state index contributed by atoms with van der Waals surface area (Å²) in [6.07, 6.45) is 0. The number of anilines is 2. The number of carbonyl (C=O) groups excluding carboxylic acids is 3. The molecular formula is C27H26FN5O4S. The Labute approximate surface area is 222 Å². The summed E-state index contributed by atoms with van der Waals surface area (Å²) >= 11 is 0.719. The van der Waals surface area contributed by atoms with Crippen LogP contribution in [0, 0.1) is 26.6 Å². The minimum Gasteiger partial charge on any atom is -0.464 e. The Hall–Kier alpha value is -4.51. The molecule has 0 aliphatic heterocycles. The third kappa shape index (κ3) is 5.42. The standard InChI is InChI=1S/C27H26FN5O4S/c1-14-4-10-19(12-15(14)2)33(27(36)24-21(29)22(25(30)34)32-38-24)23(20-11-5-16(3)37-20)26(35)31-13-17-6-8-18(28)9-7-17/h4-12,23H,13,29H2,1-3H3,(H2,30,34)(H,31,35)/t23-/m0/s1. The first-order chi connectivity index (χ1) is 18.1. The molecule has 2 aromatic carbocycles.